The van der Waals surface area contributed by atoms with Gasteiger partial charge in [-0.2, -0.15) is 5.10 Å². The van der Waals surface area contributed by atoms with E-state index in [0.717, 1.165) is 65.3 Å². The maximum absolute atomic E-state index is 13.4. The number of rotatable bonds is 8. The van der Waals surface area contributed by atoms with E-state index in [1.165, 1.54) is 11.8 Å². The van der Waals surface area contributed by atoms with E-state index in [-0.39, 0.29) is 23.8 Å². The Morgan fingerprint density at radius 2 is 2.06 bits per heavy atom. The topological polar surface area (TPSA) is 82.1 Å². The monoisotopic (exact) mass is 494 g/mol. The van der Waals surface area contributed by atoms with Crippen LogP contribution in [0.25, 0.3) is 0 Å². The van der Waals surface area contributed by atoms with Crippen LogP contribution in [-0.2, 0) is 16.1 Å². The lowest BCUT2D eigenvalue weighted by atomic mass is 10.0. The summed E-state index contributed by atoms with van der Waals surface area (Å²) in [5.41, 5.74) is 3.90. The summed E-state index contributed by atoms with van der Waals surface area (Å²) in [6.07, 6.45) is 4.57. The molecule has 0 N–H and O–H groups in total. The van der Waals surface area contributed by atoms with Gasteiger partial charge in [-0.05, 0) is 68.7 Å². The first-order valence-electron chi connectivity index (χ1n) is 11.9. The van der Waals surface area contributed by atoms with Crippen LogP contribution in [0.5, 0.6) is 5.75 Å². The third-order valence-electron chi connectivity index (χ3n) is 6.62. The molecule has 2 atom stereocenters. The third kappa shape index (κ3) is 5.01. The Labute approximate surface area is 209 Å². The first-order valence-corrected chi connectivity index (χ1v) is 12.9. The van der Waals surface area contributed by atoms with Crippen molar-refractivity contribution in [2.45, 2.75) is 57.0 Å². The molecule has 0 aliphatic carbocycles. The number of hydrazone groups is 1. The highest BCUT2D eigenvalue weighted by Gasteiger charge is 2.35. The molecule has 0 bridgehead atoms. The van der Waals surface area contributed by atoms with Crippen LogP contribution in [0.15, 0.2) is 57.3 Å². The van der Waals surface area contributed by atoms with Gasteiger partial charge in [-0.3, -0.25) is 4.79 Å². The molecule has 0 saturated carbocycles. The van der Waals surface area contributed by atoms with Gasteiger partial charge >= 0.3 is 0 Å². The van der Waals surface area contributed by atoms with Crippen LogP contribution in [0.2, 0.25) is 0 Å². The van der Waals surface area contributed by atoms with E-state index in [0.29, 0.717) is 6.42 Å². The number of hydrogen-bond donors (Lipinski definition) is 0. The van der Waals surface area contributed by atoms with Crippen molar-refractivity contribution in [2.24, 2.45) is 5.10 Å². The van der Waals surface area contributed by atoms with Crippen LogP contribution in [0.1, 0.15) is 48.0 Å². The molecule has 2 aliphatic rings. The fraction of sp³-hybridized carbons (Fsp3) is 0.423. The number of thioether (sulfide) groups is 1. The average Bonchev–Trinajstić information content (AvgIpc) is 3.68. The van der Waals surface area contributed by atoms with Crippen LogP contribution >= 0.6 is 11.8 Å². The van der Waals surface area contributed by atoms with Gasteiger partial charge in [0, 0.05) is 18.7 Å². The molecule has 8 nitrogen and oxygen atoms in total. The van der Waals surface area contributed by atoms with Crippen LogP contribution in [0, 0.1) is 13.8 Å². The molecule has 1 amide bonds. The van der Waals surface area contributed by atoms with Crippen molar-refractivity contribution in [3.63, 3.8) is 0 Å². The second-order valence-corrected chi connectivity index (χ2v) is 9.79. The number of nitrogens with zero attached hydrogens (tertiary/aromatic N) is 4. The fourth-order valence-electron chi connectivity index (χ4n) is 4.53. The summed E-state index contributed by atoms with van der Waals surface area (Å²) in [7, 11) is 1.64. The van der Waals surface area contributed by atoms with Crippen molar-refractivity contribution < 1.29 is 18.7 Å². The number of carbonyl (C=O) groups excluding carboxylic acids is 1. The second-order valence-electron chi connectivity index (χ2n) is 8.85. The standard InChI is InChI=1S/C26H30N4O4S/c1-17-18(2)29(15-21-6-4-12-33-21)26(27-17)35-16-25(31)30-23(24-7-5-13-34-24)14-22(28-30)19-8-10-20(32-3)11-9-19/h5,7-11,13,21,23H,4,6,12,14-16H2,1-3H3/t21-,23-/m0/s1. The number of amides is 1. The number of furan rings is 1. The van der Waals surface area contributed by atoms with E-state index in [2.05, 4.69) is 11.5 Å². The lowest BCUT2D eigenvalue weighted by molar-refractivity contribution is -0.130. The Morgan fingerprint density at radius 3 is 2.74 bits per heavy atom. The van der Waals surface area contributed by atoms with Gasteiger partial charge in [0.1, 0.15) is 17.6 Å². The summed E-state index contributed by atoms with van der Waals surface area (Å²) in [4.78, 5) is 18.2. The van der Waals surface area contributed by atoms with Crippen molar-refractivity contribution in [1.29, 1.82) is 0 Å². The number of ether oxygens (including phenoxy) is 2. The van der Waals surface area contributed by atoms with Gasteiger partial charge in [-0.1, -0.05) is 11.8 Å². The molecule has 35 heavy (non-hydrogen) atoms. The van der Waals surface area contributed by atoms with Gasteiger partial charge in [-0.25, -0.2) is 9.99 Å². The number of benzene rings is 1. The number of imidazole rings is 1. The molecular formula is C26H30N4O4S. The van der Waals surface area contributed by atoms with Crippen molar-refractivity contribution in [1.82, 2.24) is 14.6 Å². The molecule has 9 heteroatoms. The SMILES string of the molecule is COc1ccc(C2=NN(C(=O)CSc3nc(C)c(C)n3C[C@@H]3CCCO3)[C@H](c3ccco3)C2)cc1. The first-order chi connectivity index (χ1) is 17.0. The molecule has 1 fully saturated rings. The minimum absolute atomic E-state index is 0.0816. The van der Waals surface area contributed by atoms with Crippen molar-refractivity contribution >= 4 is 23.4 Å². The molecule has 184 valence electrons. The molecular weight excluding hydrogens is 464 g/mol. The number of hydrogen-bond acceptors (Lipinski definition) is 7. The Morgan fingerprint density at radius 1 is 1.23 bits per heavy atom. The van der Waals surface area contributed by atoms with Gasteiger partial charge in [0.15, 0.2) is 5.16 Å². The molecule has 4 heterocycles. The molecule has 2 aromatic heterocycles. The van der Waals surface area contributed by atoms with E-state index in [4.69, 9.17) is 24.0 Å². The van der Waals surface area contributed by atoms with Crippen LogP contribution in [0.4, 0.5) is 0 Å². The lowest BCUT2D eigenvalue weighted by Crippen LogP contribution is -2.28. The maximum Gasteiger partial charge on any atom is 0.253 e. The van der Waals surface area contributed by atoms with Gasteiger partial charge in [-0.15, -0.1) is 0 Å². The average molecular weight is 495 g/mol. The van der Waals surface area contributed by atoms with E-state index < -0.39 is 0 Å². The molecule has 3 aromatic rings. The van der Waals surface area contributed by atoms with E-state index in [1.54, 1.807) is 18.4 Å². The van der Waals surface area contributed by atoms with Crippen LogP contribution in [0.3, 0.4) is 0 Å². The Hall–Kier alpha value is -3.04. The number of aryl methyl sites for hydroxylation is 1. The normalized spacial score (nSPS) is 19.9. The number of aromatic nitrogens is 2. The van der Waals surface area contributed by atoms with Crippen molar-refractivity contribution in [2.75, 3.05) is 19.5 Å². The largest absolute Gasteiger partial charge is 0.497 e. The first kappa shape index (κ1) is 23.7. The van der Waals surface area contributed by atoms with E-state index in [1.807, 2.05) is 43.3 Å². The quantitative estimate of drug-likeness (QED) is 0.420. The summed E-state index contributed by atoms with van der Waals surface area (Å²) in [5, 5.41) is 7.14. The second kappa shape index (κ2) is 10.3. The molecule has 2 aliphatic heterocycles. The summed E-state index contributed by atoms with van der Waals surface area (Å²) >= 11 is 1.45. The highest BCUT2D eigenvalue weighted by atomic mass is 32.2. The predicted molar refractivity (Wildman–Crippen MR) is 134 cm³/mol. The highest BCUT2D eigenvalue weighted by Crippen LogP contribution is 2.34. The Bertz CT molecular complexity index is 1200. The van der Waals surface area contributed by atoms with Gasteiger partial charge in [0.05, 0.1) is 43.2 Å². The summed E-state index contributed by atoms with van der Waals surface area (Å²) in [5.74, 6) is 1.66. The molecule has 0 spiro atoms. The maximum atomic E-state index is 13.4. The summed E-state index contributed by atoms with van der Waals surface area (Å²) in [6, 6.07) is 11.2. The van der Waals surface area contributed by atoms with Crippen molar-refractivity contribution in [3.8, 4) is 5.75 Å². The lowest BCUT2D eigenvalue weighted by Gasteiger charge is -2.20. The minimum Gasteiger partial charge on any atom is -0.497 e. The Balaban J connectivity index is 1.34. The van der Waals surface area contributed by atoms with Gasteiger partial charge in [0.2, 0.25) is 0 Å². The zero-order valence-electron chi connectivity index (χ0n) is 20.3. The number of methoxy groups -OCH3 is 1. The van der Waals surface area contributed by atoms with Gasteiger partial charge in [0.25, 0.3) is 5.91 Å². The zero-order valence-corrected chi connectivity index (χ0v) is 21.1. The molecule has 1 saturated heterocycles. The summed E-state index contributed by atoms with van der Waals surface area (Å²) in [6.45, 7) is 5.66. The highest BCUT2D eigenvalue weighted by molar-refractivity contribution is 7.99. The summed E-state index contributed by atoms with van der Waals surface area (Å²) < 4.78 is 19.0. The fourth-order valence-corrected chi connectivity index (χ4v) is 5.49. The smallest absolute Gasteiger partial charge is 0.253 e. The van der Waals surface area contributed by atoms with E-state index in [9.17, 15) is 4.79 Å². The predicted octanol–water partition coefficient (Wildman–Crippen LogP) is 4.75. The number of carbonyl (C=O) groups is 1. The molecule has 5 rings (SSSR count). The molecule has 1 aromatic carbocycles. The van der Waals surface area contributed by atoms with Gasteiger partial charge < -0.3 is 18.5 Å². The molecule has 0 unspecified atom stereocenters. The minimum atomic E-state index is -0.273. The van der Waals surface area contributed by atoms with E-state index >= 15 is 0 Å². The zero-order chi connectivity index (χ0) is 24.4. The van der Waals surface area contributed by atoms with Crippen LogP contribution in [-0.4, -0.2) is 51.8 Å². The molecule has 0 radical (unpaired) electrons. The van der Waals surface area contributed by atoms with Crippen molar-refractivity contribution in [3.05, 3.63) is 65.4 Å². The third-order valence-corrected chi connectivity index (χ3v) is 7.58. The van der Waals surface area contributed by atoms with Crippen LogP contribution < -0.4 is 4.74 Å². The Kier molecular flexibility index (Phi) is 6.97.